The Labute approximate surface area is 496 Å². The van der Waals surface area contributed by atoms with Crippen molar-refractivity contribution in [2.24, 2.45) is 34.6 Å². The molecule has 0 saturated carbocycles. The largest absolute Gasteiger partial charge is 0.473 e. The fraction of sp³-hybridized carbons (Fsp3) is 0.690. The molecule has 79 heavy (non-hydrogen) atoms. The van der Waals surface area contributed by atoms with Crippen LogP contribution in [0.3, 0.4) is 0 Å². The summed E-state index contributed by atoms with van der Waals surface area (Å²) in [5.41, 5.74) is 2.34. The first-order valence-corrected chi connectivity index (χ1v) is 30.5. The van der Waals surface area contributed by atoms with Gasteiger partial charge in [0.25, 0.3) is 0 Å². The summed E-state index contributed by atoms with van der Waals surface area (Å²) >= 11 is 0. The third-order valence-corrected chi connectivity index (χ3v) is 9.18. The van der Waals surface area contributed by atoms with Gasteiger partial charge in [0.2, 0.25) is 0 Å². The highest BCUT2D eigenvalue weighted by atomic mass is 16.5. The molecule has 0 bridgehead atoms. The van der Waals surface area contributed by atoms with Gasteiger partial charge in [-0.2, -0.15) is 0 Å². The van der Waals surface area contributed by atoms with Crippen LogP contribution in [0.4, 0.5) is 0 Å². The molecule has 464 valence electrons. The molecule has 1 aromatic carbocycles. The third kappa shape index (κ3) is 90.8. The van der Waals surface area contributed by atoms with Crippen LogP contribution in [0.15, 0.2) is 132 Å². The van der Waals surface area contributed by atoms with Crippen molar-refractivity contribution in [1.82, 2.24) is 24.8 Å². The normalized spacial score (nSPS) is 13.4. The Morgan fingerprint density at radius 3 is 0.924 bits per heavy atom. The zero-order valence-electron chi connectivity index (χ0n) is 55.3. The predicted octanol–water partition coefficient (Wildman–Crippen LogP) is 21.8. The molecule has 0 radical (unpaired) electrons. The topological polar surface area (TPSA) is 79.9 Å². The average Bonchev–Trinajstić information content (AvgIpc) is 4.29. The average molecular weight is 1110 g/mol. The molecule has 0 unspecified atom stereocenters. The van der Waals surface area contributed by atoms with Crippen molar-refractivity contribution in [3.05, 3.63) is 128 Å². The Morgan fingerprint density at radius 1 is 0.418 bits per heavy atom. The molecule has 0 amide bonds. The van der Waals surface area contributed by atoms with E-state index in [4.69, 9.17) is 4.74 Å². The van der Waals surface area contributed by atoms with Crippen molar-refractivity contribution in [1.29, 1.82) is 0 Å². The molecule has 0 N–H and O–H groups in total. The van der Waals surface area contributed by atoms with E-state index in [0.717, 1.165) is 61.2 Å². The summed E-state index contributed by atoms with van der Waals surface area (Å²) in [6, 6.07) is 24.9. The Balaban J connectivity index is -0.000000116. The van der Waals surface area contributed by atoms with E-state index in [1.165, 1.54) is 83.3 Å². The van der Waals surface area contributed by atoms with E-state index in [0.29, 0.717) is 11.8 Å². The Bertz CT molecular complexity index is 1430. The van der Waals surface area contributed by atoms with Crippen molar-refractivity contribution in [3.63, 3.8) is 0 Å². The van der Waals surface area contributed by atoms with Crippen LogP contribution in [0.1, 0.15) is 244 Å². The molecule has 4 aromatic rings. The number of nitrogens with zero attached hydrogens (tertiary/aromatic N) is 6. The van der Waals surface area contributed by atoms with Crippen molar-refractivity contribution in [2.45, 2.75) is 250 Å². The quantitative estimate of drug-likeness (QED) is 0.201. The van der Waals surface area contributed by atoms with Crippen LogP contribution in [0.25, 0.3) is 0 Å². The van der Waals surface area contributed by atoms with Crippen molar-refractivity contribution in [2.75, 3.05) is 45.9 Å². The Kier molecular flexibility index (Phi) is 85.7. The lowest BCUT2D eigenvalue weighted by Crippen LogP contribution is -2.35. The number of ether oxygens (including phenoxy) is 1. The lowest BCUT2D eigenvalue weighted by Gasteiger charge is -2.29. The van der Waals surface area contributed by atoms with Crippen LogP contribution in [0, 0.1) is 29.6 Å². The first kappa shape index (κ1) is 91.5. The first-order chi connectivity index (χ1) is 36.6. The number of hydrogen-bond acceptors (Lipinski definition) is 8. The number of benzene rings is 1. The molecule has 3 aromatic heterocycles. The number of rotatable bonds is 4. The van der Waals surface area contributed by atoms with Gasteiger partial charge in [0.1, 0.15) is 6.33 Å². The van der Waals surface area contributed by atoms with Crippen LogP contribution < -0.4 is 0 Å². The minimum atomic E-state index is 0. The lowest BCUT2D eigenvalue weighted by molar-refractivity contribution is 0.185. The second-order valence-corrected chi connectivity index (χ2v) is 22.2. The monoisotopic (exact) mass is 1110 g/mol. The molecule has 4 aliphatic rings. The fourth-order valence-corrected chi connectivity index (χ4v) is 5.71. The van der Waals surface area contributed by atoms with Gasteiger partial charge < -0.3 is 19.0 Å². The first-order valence-electron chi connectivity index (χ1n) is 30.5. The number of pyridine rings is 1. The molecule has 7 heterocycles. The van der Waals surface area contributed by atoms with Gasteiger partial charge in [-0.3, -0.25) is 9.98 Å². The van der Waals surface area contributed by atoms with Crippen LogP contribution in [-0.2, 0) is 4.74 Å². The van der Waals surface area contributed by atoms with Gasteiger partial charge in [0.05, 0.1) is 19.1 Å². The van der Waals surface area contributed by atoms with Gasteiger partial charge in [-0.1, -0.05) is 215 Å². The lowest BCUT2D eigenvalue weighted by atomic mass is 10.1. The van der Waals surface area contributed by atoms with Crippen molar-refractivity contribution in [3.8, 4) is 0 Å². The molecule has 8 nitrogen and oxygen atoms in total. The van der Waals surface area contributed by atoms with Gasteiger partial charge in [-0.05, 0) is 164 Å². The van der Waals surface area contributed by atoms with E-state index in [1.807, 2.05) is 100 Å². The molecule has 4 aliphatic heterocycles. The van der Waals surface area contributed by atoms with Crippen molar-refractivity contribution >= 4 is 5.71 Å². The van der Waals surface area contributed by atoms with E-state index in [-0.39, 0.29) is 14.9 Å². The van der Waals surface area contributed by atoms with E-state index in [9.17, 15) is 0 Å². The van der Waals surface area contributed by atoms with Crippen LogP contribution in [-0.4, -0.2) is 88.5 Å². The highest BCUT2D eigenvalue weighted by Gasteiger charge is 2.12. The maximum absolute atomic E-state index is 4.94. The SMILES string of the molecule is C.C.C1CCOC1.CC.CC.CC(C)C.CC(C)C.CC(C)C.CC(C)C.CC(C)C1=NCC=C1.CC(C)N1CCCCC1.CC(C)N1CCCCC1.CC(C)c1ccncn1.c1ccccc1.c1ccncc1.c1ccoc1. The molecular formula is C71H138N6O2. The summed E-state index contributed by atoms with van der Waals surface area (Å²) in [6.45, 7) is 59.9. The highest BCUT2D eigenvalue weighted by Crippen LogP contribution is 2.12. The minimum Gasteiger partial charge on any atom is -0.473 e. The second-order valence-electron chi connectivity index (χ2n) is 22.2. The second kappa shape index (κ2) is 74.0. The van der Waals surface area contributed by atoms with E-state index in [2.05, 4.69) is 185 Å². The number of hydrogen-bond donors (Lipinski definition) is 0. The van der Waals surface area contributed by atoms with Gasteiger partial charge in [-0.25, -0.2) is 9.97 Å². The molecule has 8 rings (SSSR count). The summed E-state index contributed by atoms with van der Waals surface area (Å²) in [4.78, 5) is 21.0. The summed E-state index contributed by atoms with van der Waals surface area (Å²) in [6.07, 6.45) is 25.4. The summed E-state index contributed by atoms with van der Waals surface area (Å²) < 4.78 is 9.53. The Morgan fingerprint density at radius 2 is 0.772 bits per heavy atom. The predicted molar refractivity (Wildman–Crippen MR) is 361 cm³/mol. The minimum absolute atomic E-state index is 0. The van der Waals surface area contributed by atoms with E-state index in [1.54, 1.807) is 37.4 Å². The standard InChI is InChI=1S/2C8H17N.C7H10N2.C7H11N.C6H6.C5H5N.C4H8O.C4H4O.4C4H10.2C2H6.2CH4/c2*1-8(2)9-6-4-3-5-7-9;1-6(2)7-3-4-8-5-9-7;1-6(2)7-4-3-5-8-7;2*1-2-4-6-5-3-1;2*1-2-4-5-3-1;4*1-4(2)3;2*1-2;;/h2*8H,3-7H2,1-2H3;3-6H,1-2H3;3-4,6H,5H2,1-2H3;1-6H;1-5H;1-4H2;1-4H;4*4H,1-3H3;2*1-2H3;2*1H4. The molecule has 0 aliphatic carbocycles. The third-order valence-electron chi connectivity index (χ3n) is 9.18. The molecule has 0 atom stereocenters. The van der Waals surface area contributed by atoms with Gasteiger partial charge in [0.15, 0.2) is 0 Å². The molecule has 3 fully saturated rings. The zero-order valence-corrected chi connectivity index (χ0v) is 55.3. The highest BCUT2D eigenvalue weighted by molar-refractivity contribution is 5.97. The maximum Gasteiger partial charge on any atom is 0.115 e. The number of furan rings is 1. The Hall–Kier alpha value is -3.98. The summed E-state index contributed by atoms with van der Waals surface area (Å²) in [7, 11) is 0. The summed E-state index contributed by atoms with van der Waals surface area (Å²) in [5.74, 6) is 4.45. The number of likely N-dealkylation sites (tertiary alicyclic amines) is 2. The molecule has 3 saturated heterocycles. The molecule has 0 spiro atoms. The zero-order chi connectivity index (χ0) is 59.9. The number of piperidine rings is 2. The molecule has 8 heteroatoms. The van der Waals surface area contributed by atoms with Crippen LogP contribution in [0.2, 0.25) is 0 Å². The number of allylic oxidation sites excluding steroid dienone is 1. The van der Waals surface area contributed by atoms with Crippen LogP contribution >= 0.6 is 0 Å². The summed E-state index contributed by atoms with van der Waals surface area (Å²) in [5, 5.41) is 0. The molecular weight excluding hydrogens is 969 g/mol. The fourth-order valence-electron chi connectivity index (χ4n) is 5.71. The van der Waals surface area contributed by atoms with Crippen molar-refractivity contribution < 1.29 is 9.15 Å². The van der Waals surface area contributed by atoms with Gasteiger partial charge >= 0.3 is 0 Å². The van der Waals surface area contributed by atoms with Gasteiger partial charge in [0, 0.05) is 55.3 Å². The smallest absolute Gasteiger partial charge is 0.115 e. The number of aromatic nitrogens is 3. The van der Waals surface area contributed by atoms with Crippen LogP contribution in [0.5, 0.6) is 0 Å². The van der Waals surface area contributed by atoms with E-state index < -0.39 is 0 Å². The number of aliphatic imine (C=N–C) groups is 1. The van der Waals surface area contributed by atoms with E-state index >= 15 is 0 Å². The van der Waals surface area contributed by atoms with Gasteiger partial charge in [-0.15, -0.1) is 0 Å². The maximum atomic E-state index is 4.94.